The summed E-state index contributed by atoms with van der Waals surface area (Å²) in [6, 6.07) is 4.69. The van der Waals surface area contributed by atoms with Gasteiger partial charge in [-0.3, -0.25) is 4.98 Å². The Labute approximate surface area is 135 Å². The molecule has 3 rings (SSSR count). The van der Waals surface area contributed by atoms with Gasteiger partial charge in [0.05, 0.1) is 0 Å². The van der Waals surface area contributed by atoms with Gasteiger partial charge in [-0.25, -0.2) is 0 Å². The highest BCUT2D eigenvalue weighted by Crippen LogP contribution is 2.25. The van der Waals surface area contributed by atoms with Crippen LogP contribution in [0, 0.1) is 12.8 Å². The van der Waals surface area contributed by atoms with Gasteiger partial charge in [-0.2, -0.15) is 0 Å². The van der Waals surface area contributed by atoms with Gasteiger partial charge in [-0.1, -0.05) is 38.2 Å². The lowest BCUT2D eigenvalue weighted by Gasteiger charge is -2.26. The van der Waals surface area contributed by atoms with Crippen molar-refractivity contribution in [3.8, 4) is 0 Å². The Morgan fingerprint density at radius 1 is 1.14 bits per heavy atom. The number of hydrogen-bond donors (Lipinski definition) is 1. The second kappa shape index (κ2) is 10.7. The molecule has 0 unspecified atom stereocenters. The summed E-state index contributed by atoms with van der Waals surface area (Å²) in [5.41, 5.74) is 1.21. The lowest BCUT2D eigenvalue weighted by atomic mass is 9.87. The Kier molecular flexibility index (Phi) is 8.51. The van der Waals surface area contributed by atoms with Crippen molar-refractivity contribution in [2.24, 2.45) is 5.92 Å². The first-order valence-electron chi connectivity index (χ1n) is 9.02. The largest absolute Gasteiger partial charge is 0.381 e. The van der Waals surface area contributed by atoms with Gasteiger partial charge in [0.2, 0.25) is 0 Å². The average molecular weight is 304 g/mol. The summed E-state index contributed by atoms with van der Waals surface area (Å²) >= 11 is 0. The average Bonchev–Trinajstić information content (AvgIpc) is 2.58. The second-order valence-corrected chi connectivity index (χ2v) is 6.66. The van der Waals surface area contributed by atoms with Crippen molar-refractivity contribution in [3.05, 3.63) is 30.1 Å². The van der Waals surface area contributed by atoms with E-state index in [1.807, 2.05) is 25.3 Å². The number of aromatic nitrogens is 1. The molecule has 1 aliphatic carbocycles. The van der Waals surface area contributed by atoms with E-state index in [0.29, 0.717) is 0 Å². The first-order valence-corrected chi connectivity index (χ1v) is 9.02. The zero-order valence-corrected chi connectivity index (χ0v) is 14.1. The van der Waals surface area contributed by atoms with Crippen LogP contribution in [0.2, 0.25) is 0 Å². The van der Waals surface area contributed by atoms with Crippen LogP contribution >= 0.6 is 0 Å². The van der Waals surface area contributed by atoms with Crippen molar-refractivity contribution >= 4 is 0 Å². The fourth-order valence-electron chi connectivity index (χ4n) is 3.32. The van der Waals surface area contributed by atoms with E-state index in [1.54, 1.807) is 6.20 Å². The summed E-state index contributed by atoms with van der Waals surface area (Å²) < 4.78 is 5.36. The van der Waals surface area contributed by atoms with Gasteiger partial charge < -0.3 is 10.1 Å². The van der Waals surface area contributed by atoms with E-state index in [4.69, 9.17) is 4.74 Å². The molecule has 1 aliphatic heterocycles. The van der Waals surface area contributed by atoms with Crippen LogP contribution in [-0.2, 0) is 4.74 Å². The molecule has 1 aromatic rings. The number of ether oxygens (including phenoxy) is 1. The van der Waals surface area contributed by atoms with E-state index < -0.39 is 0 Å². The first-order chi connectivity index (χ1) is 10.8. The van der Waals surface area contributed by atoms with Crippen LogP contribution < -0.4 is 5.32 Å². The van der Waals surface area contributed by atoms with Crippen molar-refractivity contribution in [2.75, 3.05) is 19.8 Å². The van der Waals surface area contributed by atoms with Gasteiger partial charge in [0.1, 0.15) is 0 Å². The molecule has 2 heterocycles. The third-order valence-corrected chi connectivity index (χ3v) is 4.74. The van der Waals surface area contributed by atoms with Gasteiger partial charge in [-0.15, -0.1) is 0 Å². The summed E-state index contributed by atoms with van der Waals surface area (Å²) in [5, 5.41) is 3.69. The zero-order chi connectivity index (χ0) is 15.5. The highest BCUT2D eigenvalue weighted by molar-refractivity contribution is 5.04. The molecule has 0 spiro atoms. The number of aryl methyl sites for hydroxylation is 1. The normalized spacial score (nSPS) is 20.2. The molecule has 0 aromatic carbocycles. The second-order valence-electron chi connectivity index (χ2n) is 6.66. The summed E-state index contributed by atoms with van der Waals surface area (Å²) in [6.07, 6.45) is 14.8. The van der Waals surface area contributed by atoms with Gasteiger partial charge in [0.25, 0.3) is 0 Å². The molecule has 3 nitrogen and oxygen atoms in total. The lowest BCUT2D eigenvalue weighted by Crippen LogP contribution is -2.36. The Bertz CT molecular complexity index is 352. The summed E-state index contributed by atoms with van der Waals surface area (Å²) in [4.78, 5) is 3.88. The van der Waals surface area contributed by atoms with E-state index in [0.717, 1.165) is 25.2 Å². The molecular weight excluding hydrogens is 272 g/mol. The van der Waals surface area contributed by atoms with E-state index in [9.17, 15) is 0 Å². The minimum absolute atomic E-state index is 0.738. The molecule has 2 aliphatic rings. The van der Waals surface area contributed by atoms with Gasteiger partial charge in [0, 0.05) is 31.6 Å². The first kappa shape index (κ1) is 17.4. The van der Waals surface area contributed by atoms with E-state index in [2.05, 4.69) is 10.3 Å². The summed E-state index contributed by atoms with van der Waals surface area (Å²) in [5.74, 6) is 1.02. The minimum atomic E-state index is 0.738. The topological polar surface area (TPSA) is 34.1 Å². The van der Waals surface area contributed by atoms with Crippen LogP contribution in [0.15, 0.2) is 24.5 Å². The Balaban J connectivity index is 0.000000211. The van der Waals surface area contributed by atoms with E-state index in [1.165, 1.54) is 63.5 Å². The number of pyridine rings is 1. The quantitative estimate of drug-likeness (QED) is 0.908. The number of rotatable bonds is 4. The SMILES string of the molecule is C1CCC(CCNC2CCOCC2)CC1.Cc1cccnc1. The Hall–Kier alpha value is -0.930. The minimum Gasteiger partial charge on any atom is -0.381 e. The van der Waals surface area contributed by atoms with Gasteiger partial charge >= 0.3 is 0 Å². The fraction of sp³-hybridized carbons (Fsp3) is 0.737. The van der Waals surface area contributed by atoms with Gasteiger partial charge in [-0.05, 0) is 50.3 Å². The standard InChI is InChI=1S/C13H25NO.C6H7N/c1-2-4-12(5-3-1)6-9-14-13-7-10-15-11-8-13;1-6-3-2-4-7-5-6/h12-14H,1-11H2;2-5H,1H3. The monoisotopic (exact) mass is 304 g/mol. The lowest BCUT2D eigenvalue weighted by molar-refractivity contribution is 0.0775. The molecule has 0 bridgehead atoms. The van der Waals surface area contributed by atoms with Crippen molar-refractivity contribution in [1.82, 2.24) is 10.3 Å². The molecular formula is C19H32N2O. The van der Waals surface area contributed by atoms with Crippen molar-refractivity contribution in [1.29, 1.82) is 0 Å². The maximum atomic E-state index is 5.36. The van der Waals surface area contributed by atoms with E-state index in [-0.39, 0.29) is 0 Å². The number of nitrogens with one attached hydrogen (secondary N) is 1. The van der Waals surface area contributed by atoms with E-state index >= 15 is 0 Å². The van der Waals surface area contributed by atoms with Crippen molar-refractivity contribution in [2.45, 2.75) is 64.3 Å². The molecule has 3 heteroatoms. The van der Waals surface area contributed by atoms with Crippen LogP contribution in [0.5, 0.6) is 0 Å². The highest BCUT2D eigenvalue weighted by atomic mass is 16.5. The molecule has 1 N–H and O–H groups in total. The van der Waals surface area contributed by atoms with Crippen molar-refractivity contribution < 1.29 is 4.74 Å². The molecule has 0 radical (unpaired) electrons. The molecule has 0 amide bonds. The number of nitrogens with zero attached hydrogens (tertiary/aromatic N) is 1. The predicted octanol–water partition coefficient (Wildman–Crippen LogP) is 4.12. The van der Waals surface area contributed by atoms with Crippen LogP contribution in [0.25, 0.3) is 0 Å². The molecule has 22 heavy (non-hydrogen) atoms. The molecule has 1 saturated heterocycles. The fourth-order valence-corrected chi connectivity index (χ4v) is 3.32. The Morgan fingerprint density at radius 3 is 2.50 bits per heavy atom. The van der Waals surface area contributed by atoms with Crippen LogP contribution in [0.1, 0.15) is 56.9 Å². The van der Waals surface area contributed by atoms with Crippen LogP contribution in [0.3, 0.4) is 0 Å². The van der Waals surface area contributed by atoms with Crippen LogP contribution in [-0.4, -0.2) is 30.8 Å². The predicted molar refractivity (Wildman–Crippen MR) is 92.0 cm³/mol. The molecule has 1 saturated carbocycles. The maximum Gasteiger partial charge on any atom is 0.0480 e. The molecule has 2 fully saturated rings. The Morgan fingerprint density at radius 2 is 1.91 bits per heavy atom. The third kappa shape index (κ3) is 7.37. The summed E-state index contributed by atoms with van der Waals surface area (Å²) in [6.45, 7) is 5.17. The molecule has 0 atom stereocenters. The maximum absolute atomic E-state index is 5.36. The smallest absolute Gasteiger partial charge is 0.0480 e. The van der Waals surface area contributed by atoms with Gasteiger partial charge in [0.15, 0.2) is 0 Å². The third-order valence-electron chi connectivity index (χ3n) is 4.74. The number of hydrogen-bond acceptors (Lipinski definition) is 3. The summed E-state index contributed by atoms with van der Waals surface area (Å²) in [7, 11) is 0. The van der Waals surface area contributed by atoms with Crippen molar-refractivity contribution in [3.63, 3.8) is 0 Å². The zero-order valence-electron chi connectivity index (χ0n) is 14.1. The molecule has 124 valence electrons. The molecule has 1 aromatic heterocycles. The van der Waals surface area contributed by atoms with Crippen LogP contribution in [0.4, 0.5) is 0 Å². The highest BCUT2D eigenvalue weighted by Gasteiger charge is 2.15.